The highest BCUT2D eigenvalue weighted by Crippen LogP contribution is 2.40. The first-order chi connectivity index (χ1) is 13.2. The summed E-state index contributed by atoms with van der Waals surface area (Å²) < 4.78 is 91.2. The molecule has 1 aromatic carbocycles. The molecule has 1 N–H and O–H groups in total. The average molecular weight is 272 g/mol. The van der Waals surface area contributed by atoms with E-state index in [1.165, 1.54) is 31.1 Å². The molecule has 2 rings (SSSR count). The topological polar surface area (TPSA) is 23.5 Å². The van der Waals surface area contributed by atoms with Crippen molar-refractivity contribution in [2.75, 3.05) is 20.6 Å². The van der Waals surface area contributed by atoms with Crippen molar-refractivity contribution in [1.29, 1.82) is 0 Å². The van der Waals surface area contributed by atoms with Crippen LogP contribution in [0.1, 0.15) is 64.0 Å². The van der Waals surface area contributed by atoms with Crippen molar-refractivity contribution in [3.63, 3.8) is 0 Å². The number of rotatable bonds is 4. The van der Waals surface area contributed by atoms with Crippen LogP contribution >= 0.6 is 0 Å². The van der Waals surface area contributed by atoms with Crippen molar-refractivity contribution in [2.24, 2.45) is 0 Å². The van der Waals surface area contributed by atoms with Crippen LogP contribution in [0, 0.1) is 6.92 Å². The van der Waals surface area contributed by atoms with Crippen molar-refractivity contribution in [1.82, 2.24) is 4.90 Å². The lowest BCUT2D eigenvalue weighted by molar-refractivity contribution is -0.0277. The van der Waals surface area contributed by atoms with Crippen LogP contribution in [0.15, 0.2) is 24.3 Å². The number of hydrogen-bond acceptors (Lipinski definition) is 2. The minimum Gasteiger partial charge on any atom is -0.389 e. The highest BCUT2D eigenvalue weighted by atomic mass is 16.3. The molecule has 0 radical (unpaired) electrons. The fourth-order valence-corrected chi connectivity index (χ4v) is 1.94. The smallest absolute Gasteiger partial charge is 0.0728 e. The van der Waals surface area contributed by atoms with Gasteiger partial charge in [-0.2, -0.15) is 0 Å². The summed E-state index contributed by atoms with van der Waals surface area (Å²) in [5, 5.41) is 11.7. The van der Waals surface area contributed by atoms with Gasteiger partial charge < -0.3 is 10.0 Å². The highest BCUT2D eigenvalue weighted by Gasteiger charge is 2.38. The van der Waals surface area contributed by atoms with Gasteiger partial charge in [0.1, 0.15) is 0 Å². The third-order valence-corrected chi connectivity index (χ3v) is 2.92. The fraction of sp³-hybridized carbons (Fsp3) is 0.647. The van der Waals surface area contributed by atoms with E-state index in [1.54, 1.807) is 19.1 Å². The van der Waals surface area contributed by atoms with E-state index < -0.39 is 49.9 Å². The van der Waals surface area contributed by atoms with Gasteiger partial charge in [-0.1, -0.05) is 48.9 Å². The highest BCUT2D eigenvalue weighted by molar-refractivity contribution is 5.27. The summed E-state index contributed by atoms with van der Waals surface area (Å²) in [5.41, 5.74) is -2.90. The van der Waals surface area contributed by atoms with Crippen molar-refractivity contribution < 1.29 is 20.2 Å². The second-order valence-corrected chi connectivity index (χ2v) is 4.92. The van der Waals surface area contributed by atoms with E-state index in [0.717, 1.165) is 5.56 Å². The molecule has 1 saturated carbocycles. The second-order valence-electron chi connectivity index (χ2n) is 4.92. The normalized spacial score (nSPS) is 43.9. The lowest BCUT2D eigenvalue weighted by atomic mass is 9.72. The van der Waals surface area contributed by atoms with Crippen LogP contribution < -0.4 is 0 Å². The molecule has 0 amide bonds. The lowest BCUT2D eigenvalue weighted by Crippen LogP contribution is -2.42. The van der Waals surface area contributed by atoms with Gasteiger partial charge in [0.05, 0.1) is 5.60 Å². The molecule has 1 fully saturated rings. The molecule has 0 aliphatic heterocycles. The Morgan fingerprint density at radius 1 is 1.26 bits per heavy atom. The number of hydrogen-bond donors (Lipinski definition) is 1. The minimum atomic E-state index is -3.69. The molecule has 0 saturated heterocycles. The molecule has 1 atom stereocenters. The van der Waals surface area contributed by atoms with Gasteiger partial charge in [0.25, 0.3) is 0 Å². The molecule has 1 aromatic rings. The summed E-state index contributed by atoms with van der Waals surface area (Å²) in [7, 11) is 2.99. The molecule has 19 heavy (non-hydrogen) atoms. The Morgan fingerprint density at radius 2 is 1.84 bits per heavy atom. The Morgan fingerprint density at radius 3 is 2.37 bits per heavy atom. The SMILES string of the molecule is [2H]C(CN(C)C)(c1ccc(C)cc1)C1(O)C([2H])([2H])C([2H])([2H])C([2H])([2H])C([2H])([2H])C1([2H])[2H]. The quantitative estimate of drug-likeness (QED) is 0.909. The van der Waals surface area contributed by atoms with E-state index in [-0.39, 0.29) is 5.56 Å². The van der Waals surface area contributed by atoms with Gasteiger partial charge in [-0.15, -0.1) is 0 Å². The number of benzene rings is 1. The van der Waals surface area contributed by atoms with Gasteiger partial charge in [-0.25, -0.2) is 0 Å². The maximum atomic E-state index is 11.7. The van der Waals surface area contributed by atoms with E-state index >= 15 is 0 Å². The van der Waals surface area contributed by atoms with Crippen molar-refractivity contribution in [3.05, 3.63) is 35.4 Å². The van der Waals surface area contributed by atoms with Gasteiger partial charge >= 0.3 is 0 Å². The van der Waals surface area contributed by atoms with Crippen molar-refractivity contribution >= 4 is 0 Å². The zero-order valence-corrected chi connectivity index (χ0v) is 11.4. The summed E-state index contributed by atoms with van der Waals surface area (Å²) in [6, 6.07) is 5.89. The molecular weight excluding hydrogens is 234 g/mol. The van der Waals surface area contributed by atoms with E-state index in [0.29, 0.717) is 0 Å². The Labute approximate surface area is 132 Å². The van der Waals surface area contributed by atoms with Gasteiger partial charge in [0.2, 0.25) is 0 Å². The molecular formula is C17H27NO. The zero-order valence-electron chi connectivity index (χ0n) is 22.4. The van der Waals surface area contributed by atoms with E-state index in [4.69, 9.17) is 15.1 Å². The van der Waals surface area contributed by atoms with E-state index in [2.05, 4.69) is 0 Å². The van der Waals surface area contributed by atoms with Crippen LogP contribution in [0.2, 0.25) is 0 Å². The predicted molar refractivity (Wildman–Crippen MR) is 80.5 cm³/mol. The van der Waals surface area contributed by atoms with Crippen LogP contribution in [0.5, 0.6) is 0 Å². The monoisotopic (exact) mass is 272 g/mol. The van der Waals surface area contributed by atoms with Crippen molar-refractivity contribution in [3.8, 4) is 0 Å². The third-order valence-electron chi connectivity index (χ3n) is 2.92. The van der Waals surface area contributed by atoms with Crippen LogP contribution in [0.25, 0.3) is 0 Å². The molecule has 0 bridgehead atoms. The van der Waals surface area contributed by atoms with E-state index in [1.807, 2.05) is 0 Å². The fourth-order valence-electron chi connectivity index (χ4n) is 1.94. The molecule has 0 spiro atoms. The van der Waals surface area contributed by atoms with Crippen LogP contribution in [0.3, 0.4) is 0 Å². The van der Waals surface area contributed by atoms with Gasteiger partial charge in [-0.3, -0.25) is 0 Å². The Balaban J connectivity index is 3.01. The number of aliphatic hydroxyl groups is 1. The Bertz CT molecular complexity index is 776. The Hall–Kier alpha value is -0.860. The number of nitrogens with zero attached hydrogens (tertiary/aromatic N) is 1. The first kappa shape index (κ1) is 5.87. The molecule has 0 heterocycles. The average Bonchev–Trinajstić information content (AvgIpc) is 2.58. The van der Waals surface area contributed by atoms with Crippen molar-refractivity contribution in [2.45, 2.75) is 50.3 Å². The summed E-state index contributed by atoms with van der Waals surface area (Å²) >= 11 is 0. The lowest BCUT2D eigenvalue weighted by Gasteiger charge is -2.40. The molecule has 1 unspecified atom stereocenters. The largest absolute Gasteiger partial charge is 0.389 e. The molecule has 2 nitrogen and oxygen atoms in total. The maximum absolute atomic E-state index is 11.7. The Kier molecular flexibility index (Phi) is 1.87. The van der Waals surface area contributed by atoms with Crippen LogP contribution in [-0.4, -0.2) is 36.2 Å². The summed E-state index contributed by atoms with van der Waals surface area (Å²) in [6.45, 7) is 1.27. The van der Waals surface area contributed by atoms with Gasteiger partial charge in [0, 0.05) is 27.5 Å². The zero-order chi connectivity index (χ0) is 23.8. The number of aryl methyl sites for hydroxylation is 1. The predicted octanol–water partition coefficient (Wildman–Crippen LogP) is 3.34. The third kappa shape index (κ3) is 3.58. The number of likely N-dealkylation sites (N-methyl/N-ethyl adjacent to an activating group) is 1. The molecule has 1 aliphatic rings. The maximum Gasteiger partial charge on any atom is 0.0728 e. The molecule has 2 heteroatoms. The first-order valence-electron chi connectivity index (χ1n) is 11.6. The standard InChI is InChI=1S/C17H27NO/c1-14-7-9-15(10-8-14)16(13-18(2)3)17(19)11-5-4-6-12-17/h7-10,16,19H,4-6,11-13H2,1-3H3/i4D2,5D2,6D2,11D2,12D2,16D. The van der Waals surface area contributed by atoms with Gasteiger partial charge in [-0.05, 0) is 39.3 Å². The van der Waals surface area contributed by atoms with Crippen LogP contribution in [0.4, 0.5) is 0 Å². The summed E-state index contributed by atoms with van der Waals surface area (Å²) in [4.78, 5) is 1.38. The first-order valence-corrected chi connectivity index (χ1v) is 6.11. The van der Waals surface area contributed by atoms with E-state index in [9.17, 15) is 5.11 Å². The molecule has 0 aromatic heterocycles. The second kappa shape index (κ2) is 6.06. The van der Waals surface area contributed by atoms with Crippen LogP contribution in [-0.2, 0) is 0 Å². The minimum absolute atomic E-state index is 0.0499. The summed E-state index contributed by atoms with van der Waals surface area (Å²) in [5.74, 6) is -2.60. The molecule has 1 aliphatic carbocycles. The van der Waals surface area contributed by atoms with Gasteiger partial charge in [0.15, 0.2) is 0 Å². The molecule has 106 valence electrons. The summed E-state index contributed by atoms with van der Waals surface area (Å²) in [6.07, 6.45) is -18.4.